The summed E-state index contributed by atoms with van der Waals surface area (Å²) in [5.41, 5.74) is 1.03. The average Bonchev–Trinajstić information content (AvgIpc) is 2.92. The van der Waals surface area contributed by atoms with Crippen LogP contribution in [0.1, 0.15) is 45.6 Å². The Morgan fingerprint density at radius 1 is 1.22 bits per heavy atom. The van der Waals surface area contributed by atoms with Gasteiger partial charge in [0.2, 0.25) is 0 Å². The molecule has 1 saturated carbocycles. The molecule has 27 heavy (non-hydrogen) atoms. The first-order chi connectivity index (χ1) is 12.6. The van der Waals surface area contributed by atoms with Crippen LogP contribution in [-0.2, 0) is 14.6 Å². The van der Waals surface area contributed by atoms with E-state index in [9.17, 15) is 0 Å². The van der Waals surface area contributed by atoms with Crippen molar-refractivity contribution < 1.29 is 18.6 Å². The van der Waals surface area contributed by atoms with Crippen LogP contribution in [0.4, 0.5) is 0 Å². The predicted octanol–water partition coefficient (Wildman–Crippen LogP) is 5.43. The topological polar surface area (TPSA) is 36.9 Å². The Kier molecular flexibility index (Phi) is 5.39. The van der Waals surface area contributed by atoms with Crippen LogP contribution >= 0.6 is 0 Å². The van der Waals surface area contributed by atoms with Crippen molar-refractivity contribution >= 4 is 8.32 Å². The zero-order chi connectivity index (χ0) is 19.9. The normalized spacial score (nSPS) is 27.8. The lowest BCUT2D eigenvalue weighted by Gasteiger charge is -2.44. The molecule has 4 nitrogen and oxygen atoms in total. The van der Waals surface area contributed by atoms with Crippen LogP contribution in [0, 0.1) is 0 Å². The zero-order valence-corrected chi connectivity index (χ0v) is 18.8. The molecule has 2 aliphatic rings. The molecule has 0 spiro atoms. The van der Waals surface area contributed by atoms with Crippen molar-refractivity contribution in [2.24, 2.45) is 0 Å². The number of fused-ring (bicyclic) bond motifs is 3. The zero-order valence-electron chi connectivity index (χ0n) is 17.8. The molecule has 150 valence electrons. The maximum atomic E-state index is 6.73. The fraction of sp³-hybridized carbons (Fsp3) is 0.636. The maximum absolute atomic E-state index is 6.73. The van der Waals surface area contributed by atoms with E-state index in [1.807, 2.05) is 12.1 Å². The monoisotopic (exact) mass is 390 g/mol. The van der Waals surface area contributed by atoms with Crippen LogP contribution < -0.4 is 9.47 Å². The van der Waals surface area contributed by atoms with Gasteiger partial charge in [-0.25, -0.2) is 0 Å². The number of para-hydroxylation sites is 1. The number of methoxy groups -OCH3 is 2. The van der Waals surface area contributed by atoms with Crippen LogP contribution in [0.3, 0.4) is 0 Å². The molecule has 1 aromatic carbocycles. The van der Waals surface area contributed by atoms with Crippen LogP contribution in [-0.4, -0.2) is 34.7 Å². The lowest BCUT2D eigenvalue weighted by atomic mass is 9.68. The number of ether oxygens (including phenoxy) is 3. The van der Waals surface area contributed by atoms with Gasteiger partial charge >= 0.3 is 0 Å². The largest absolute Gasteiger partial charge is 0.505 e. The van der Waals surface area contributed by atoms with Crippen molar-refractivity contribution in [3.05, 3.63) is 36.1 Å². The number of hydrogen-bond donors (Lipinski definition) is 0. The fourth-order valence-electron chi connectivity index (χ4n) is 4.07. The summed E-state index contributed by atoms with van der Waals surface area (Å²) in [6.45, 7) is 11.5. The van der Waals surface area contributed by atoms with Gasteiger partial charge in [-0.1, -0.05) is 32.9 Å². The van der Waals surface area contributed by atoms with Crippen LogP contribution in [0.5, 0.6) is 11.5 Å². The number of benzene rings is 1. The molecule has 0 bridgehead atoms. The van der Waals surface area contributed by atoms with Crippen LogP contribution in [0.2, 0.25) is 18.1 Å². The second-order valence-corrected chi connectivity index (χ2v) is 14.1. The third-order valence-electron chi connectivity index (χ3n) is 6.66. The summed E-state index contributed by atoms with van der Waals surface area (Å²) in [7, 11) is 1.58. The van der Waals surface area contributed by atoms with Crippen molar-refractivity contribution in [1.29, 1.82) is 0 Å². The molecule has 0 amide bonds. The molecule has 0 aromatic heterocycles. The summed E-state index contributed by atoms with van der Waals surface area (Å²) in [5.74, 6) is 1.67. The molecule has 1 aliphatic heterocycles. The Morgan fingerprint density at radius 2 is 1.96 bits per heavy atom. The Hall–Kier alpha value is -1.46. The smallest absolute Gasteiger partial charge is 0.192 e. The molecule has 0 saturated heterocycles. The van der Waals surface area contributed by atoms with E-state index in [1.165, 1.54) is 5.56 Å². The second-order valence-electron chi connectivity index (χ2n) is 9.30. The number of hydrogen-bond acceptors (Lipinski definition) is 4. The summed E-state index contributed by atoms with van der Waals surface area (Å²) in [6, 6.07) is 6.17. The van der Waals surface area contributed by atoms with Gasteiger partial charge in [-0.3, -0.25) is 0 Å². The van der Waals surface area contributed by atoms with Gasteiger partial charge < -0.3 is 18.6 Å². The van der Waals surface area contributed by atoms with Crippen molar-refractivity contribution in [2.75, 3.05) is 14.2 Å². The highest BCUT2D eigenvalue weighted by molar-refractivity contribution is 6.74. The van der Waals surface area contributed by atoms with Crippen molar-refractivity contribution in [3.63, 3.8) is 0 Å². The molecule has 1 aromatic rings. The first-order valence-corrected chi connectivity index (χ1v) is 12.8. The minimum absolute atomic E-state index is 0.0405. The highest BCUT2D eigenvalue weighted by atomic mass is 28.4. The molecular formula is C22H34O4Si. The van der Waals surface area contributed by atoms with Crippen molar-refractivity contribution in [2.45, 2.75) is 75.8 Å². The molecule has 1 aliphatic carbocycles. The molecule has 0 unspecified atom stereocenters. The molecule has 0 N–H and O–H groups in total. The van der Waals surface area contributed by atoms with Gasteiger partial charge in [0.15, 0.2) is 19.8 Å². The second kappa shape index (κ2) is 7.17. The lowest BCUT2D eigenvalue weighted by Crippen LogP contribution is -2.50. The molecule has 1 heterocycles. The third-order valence-corrected chi connectivity index (χ3v) is 11.2. The predicted molar refractivity (Wildman–Crippen MR) is 111 cm³/mol. The fourth-order valence-corrected chi connectivity index (χ4v) is 5.47. The molecule has 3 rings (SSSR count). The van der Waals surface area contributed by atoms with Crippen LogP contribution in [0.15, 0.2) is 30.5 Å². The van der Waals surface area contributed by atoms with Gasteiger partial charge in [-0.15, -0.1) is 0 Å². The molecule has 5 heteroatoms. The lowest BCUT2D eigenvalue weighted by molar-refractivity contribution is 0.0380. The first kappa shape index (κ1) is 20.3. The molecular weight excluding hydrogens is 356 g/mol. The highest BCUT2D eigenvalue weighted by Crippen LogP contribution is 2.55. The first-order valence-electron chi connectivity index (χ1n) is 9.87. The Balaban J connectivity index is 1.90. The van der Waals surface area contributed by atoms with Gasteiger partial charge in [0.1, 0.15) is 6.10 Å². The summed E-state index contributed by atoms with van der Waals surface area (Å²) >= 11 is 0. The Morgan fingerprint density at radius 3 is 2.59 bits per heavy atom. The van der Waals surface area contributed by atoms with Crippen LogP contribution in [0.25, 0.3) is 0 Å². The van der Waals surface area contributed by atoms with Gasteiger partial charge in [-0.05, 0) is 43.1 Å². The SMILES string of the molecule is CO/C=C\[C@@]12CC[C@H](O[Si](C)(C)C(C)(C)C)C[C@@H]1Oc1c(OC)cccc12. The van der Waals surface area contributed by atoms with E-state index in [4.69, 9.17) is 18.6 Å². The quantitative estimate of drug-likeness (QED) is 0.496. The standard InChI is InChI=1S/C22H34O4Si/c1-21(2,3)27(6,7)26-16-11-12-22(13-14-23-4)17-9-8-10-18(24-5)20(17)25-19(22)15-16/h8-10,13-14,16,19H,11-12,15H2,1-7H3/b14-13-/t16-,19-,22+/m0/s1. The van der Waals surface area contributed by atoms with Gasteiger partial charge in [-0.2, -0.15) is 0 Å². The number of rotatable bonds is 5. The van der Waals surface area contributed by atoms with E-state index < -0.39 is 8.32 Å². The van der Waals surface area contributed by atoms with E-state index in [2.05, 4.69) is 46.0 Å². The Labute approximate surface area is 165 Å². The van der Waals surface area contributed by atoms with Crippen molar-refractivity contribution in [1.82, 2.24) is 0 Å². The molecule has 3 atom stereocenters. The van der Waals surface area contributed by atoms with E-state index >= 15 is 0 Å². The minimum Gasteiger partial charge on any atom is -0.505 e. The van der Waals surface area contributed by atoms with Gasteiger partial charge in [0, 0.05) is 18.1 Å². The molecule has 0 radical (unpaired) electrons. The van der Waals surface area contributed by atoms with Gasteiger partial charge in [0.05, 0.1) is 25.9 Å². The average molecular weight is 391 g/mol. The van der Waals surface area contributed by atoms with E-state index in [0.29, 0.717) is 0 Å². The summed E-state index contributed by atoms with van der Waals surface area (Å²) in [6.07, 6.45) is 7.14. The summed E-state index contributed by atoms with van der Waals surface area (Å²) in [4.78, 5) is 0. The summed E-state index contributed by atoms with van der Waals surface area (Å²) < 4.78 is 24.0. The maximum Gasteiger partial charge on any atom is 0.192 e. The van der Waals surface area contributed by atoms with E-state index in [0.717, 1.165) is 30.8 Å². The van der Waals surface area contributed by atoms with Crippen molar-refractivity contribution in [3.8, 4) is 11.5 Å². The van der Waals surface area contributed by atoms with E-state index in [1.54, 1.807) is 20.5 Å². The minimum atomic E-state index is -1.81. The third kappa shape index (κ3) is 3.52. The Bertz CT molecular complexity index is 707. The molecule has 1 fully saturated rings. The van der Waals surface area contributed by atoms with Gasteiger partial charge in [0.25, 0.3) is 0 Å². The van der Waals surface area contributed by atoms with E-state index in [-0.39, 0.29) is 22.7 Å². The summed E-state index contributed by atoms with van der Waals surface area (Å²) in [5, 5.41) is 0.209. The highest BCUT2D eigenvalue weighted by Gasteiger charge is 2.53.